The Morgan fingerprint density at radius 3 is 2.26 bits per heavy atom. The molecule has 0 aliphatic rings. The molecule has 3 rings (SSSR count). The van der Waals surface area contributed by atoms with E-state index in [4.69, 9.17) is 4.74 Å². The second-order valence-corrected chi connectivity index (χ2v) is 9.48. The van der Waals surface area contributed by atoms with E-state index >= 15 is 0 Å². The van der Waals surface area contributed by atoms with Crippen LogP contribution in [0.2, 0.25) is 0 Å². The smallest absolute Gasteiger partial charge is 0.330 e. The lowest BCUT2D eigenvalue weighted by Crippen LogP contribution is -2.36. The Morgan fingerprint density at radius 1 is 0.968 bits per heavy atom. The molecular weight excluding hydrogens is 384 g/mol. The Hall–Kier alpha value is -3.01. The molecule has 2 aromatic carbocycles. The molecule has 0 spiro atoms. The molecule has 1 N–H and O–H groups in total. The maximum atomic E-state index is 12.8. The van der Waals surface area contributed by atoms with Crippen LogP contribution in [0.1, 0.15) is 51.3 Å². The van der Waals surface area contributed by atoms with Crippen molar-refractivity contribution in [2.24, 2.45) is 5.92 Å². The standard InChI is InChI=1S/C27H34N2O2/c1-20(2)25(28-24-13-11-23(12-14-24)27(3,4)5)26(30)31-19-29-16-15-22(18-29)17-21-9-7-6-8-10-21/h6-16,18,20,25,28H,17,19H2,1-5H3. The summed E-state index contributed by atoms with van der Waals surface area (Å²) in [5.74, 6) is -0.138. The van der Waals surface area contributed by atoms with Crippen molar-refractivity contribution in [3.8, 4) is 0 Å². The average Bonchev–Trinajstić information content (AvgIpc) is 3.17. The largest absolute Gasteiger partial charge is 0.442 e. The first kappa shape index (κ1) is 22.7. The molecule has 4 heteroatoms. The molecule has 0 amide bonds. The summed E-state index contributed by atoms with van der Waals surface area (Å²) < 4.78 is 7.54. The van der Waals surface area contributed by atoms with E-state index in [9.17, 15) is 4.79 Å². The van der Waals surface area contributed by atoms with E-state index in [1.54, 1.807) is 0 Å². The summed E-state index contributed by atoms with van der Waals surface area (Å²) in [5, 5.41) is 3.35. The van der Waals surface area contributed by atoms with Crippen LogP contribution in [0, 0.1) is 5.92 Å². The van der Waals surface area contributed by atoms with Crippen LogP contribution in [0.4, 0.5) is 5.69 Å². The zero-order valence-corrected chi connectivity index (χ0v) is 19.3. The van der Waals surface area contributed by atoms with E-state index < -0.39 is 6.04 Å². The Balaban J connectivity index is 1.57. The topological polar surface area (TPSA) is 43.3 Å². The van der Waals surface area contributed by atoms with Gasteiger partial charge in [-0.05, 0) is 52.6 Å². The maximum Gasteiger partial charge on any atom is 0.330 e. The number of hydrogen-bond acceptors (Lipinski definition) is 3. The summed E-state index contributed by atoms with van der Waals surface area (Å²) in [6, 6.07) is 20.3. The van der Waals surface area contributed by atoms with Crippen LogP contribution in [0.3, 0.4) is 0 Å². The molecule has 0 radical (unpaired) electrons. The SMILES string of the molecule is CC(C)C(Nc1ccc(C(C)(C)C)cc1)C(=O)OCn1ccc(Cc2ccccc2)c1. The van der Waals surface area contributed by atoms with Gasteiger partial charge in [-0.15, -0.1) is 0 Å². The Labute approximate surface area is 186 Å². The van der Waals surface area contributed by atoms with Gasteiger partial charge in [-0.1, -0.05) is 77.1 Å². The van der Waals surface area contributed by atoms with Crippen molar-refractivity contribution in [2.75, 3.05) is 5.32 Å². The van der Waals surface area contributed by atoms with Gasteiger partial charge in [-0.3, -0.25) is 0 Å². The number of benzene rings is 2. The average molecular weight is 419 g/mol. The van der Waals surface area contributed by atoms with Crippen LogP contribution in [-0.2, 0) is 28.1 Å². The highest BCUT2D eigenvalue weighted by molar-refractivity contribution is 5.79. The van der Waals surface area contributed by atoms with E-state index in [-0.39, 0.29) is 24.0 Å². The van der Waals surface area contributed by atoms with Gasteiger partial charge in [0.25, 0.3) is 0 Å². The molecule has 0 aliphatic heterocycles. The van der Waals surface area contributed by atoms with Gasteiger partial charge in [0.2, 0.25) is 0 Å². The van der Waals surface area contributed by atoms with Crippen LogP contribution in [0.15, 0.2) is 73.1 Å². The normalized spacial score (nSPS) is 12.6. The van der Waals surface area contributed by atoms with Crippen LogP contribution in [0.25, 0.3) is 0 Å². The molecule has 1 unspecified atom stereocenters. The number of ether oxygens (including phenoxy) is 1. The summed E-state index contributed by atoms with van der Waals surface area (Å²) in [5.41, 5.74) is 4.75. The number of carbonyl (C=O) groups is 1. The zero-order chi connectivity index (χ0) is 22.4. The number of hydrogen-bond donors (Lipinski definition) is 1. The van der Waals surface area contributed by atoms with Crippen molar-refractivity contribution in [3.63, 3.8) is 0 Å². The Morgan fingerprint density at radius 2 is 1.65 bits per heavy atom. The summed E-state index contributed by atoms with van der Waals surface area (Å²) in [7, 11) is 0. The minimum atomic E-state index is -0.403. The third kappa shape index (κ3) is 6.48. The highest BCUT2D eigenvalue weighted by Crippen LogP contribution is 2.24. The fourth-order valence-electron chi connectivity index (χ4n) is 3.48. The molecule has 0 aliphatic carbocycles. The van der Waals surface area contributed by atoms with Gasteiger partial charge in [0.05, 0.1) is 0 Å². The molecule has 0 saturated carbocycles. The second-order valence-electron chi connectivity index (χ2n) is 9.48. The van der Waals surface area contributed by atoms with Crippen molar-refractivity contribution in [3.05, 3.63) is 89.7 Å². The fraction of sp³-hybridized carbons (Fsp3) is 0.370. The van der Waals surface area contributed by atoms with Crippen LogP contribution in [0.5, 0.6) is 0 Å². The summed E-state index contributed by atoms with van der Waals surface area (Å²) in [4.78, 5) is 12.8. The molecule has 1 aromatic heterocycles. The minimum absolute atomic E-state index is 0.102. The molecule has 31 heavy (non-hydrogen) atoms. The summed E-state index contributed by atoms with van der Waals surface area (Å²) in [6.45, 7) is 10.8. The first-order valence-electron chi connectivity index (χ1n) is 10.9. The number of aromatic nitrogens is 1. The van der Waals surface area contributed by atoms with Crippen molar-refractivity contribution in [1.29, 1.82) is 0 Å². The van der Waals surface area contributed by atoms with Gasteiger partial charge in [0, 0.05) is 18.1 Å². The molecule has 0 bridgehead atoms. The number of nitrogens with one attached hydrogen (secondary N) is 1. The van der Waals surface area contributed by atoms with Gasteiger partial charge < -0.3 is 14.6 Å². The highest BCUT2D eigenvalue weighted by Gasteiger charge is 2.24. The summed E-state index contributed by atoms with van der Waals surface area (Å²) >= 11 is 0. The Kier molecular flexibility index (Phi) is 7.21. The van der Waals surface area contributed by atoms with Crippen molar-refractivity contribution in [2.45, 2.75) is 59.2 Å². The minimum Gasteiger partial charge on any atom is -0.442 e. The lowest BCUT2D eigenvalue weighted by molar-refractivity contribution is -0.149. The maximum absolute atomic E-state index is 12.8. The summed E-state index contributed by atoms with van der Waals surface area (Å²) in [6.07, 6.45) is 4.85. The molecule has 0 saturated heterocycles. The van der Waals surface area contributed by atoms with Gasteiger partial charge >= 0.3 is 5.97 Å². The fourth-order valence-corrected chi connectivity index (χ4v) is 3.48. The van der Waals surface area contributed by atoms with Crippen LogP contribution in [-0.4, -0.2) is 16.6 Å². The third-order valence-electron chi connectivity index (χ3n) is 5.41. The number of anilines is 1. The molecular formula is C27H34N2O2. The molecule has 4 nitrogen and oxygen atoms in total. The number of nitrogens with zero attached hydrogens (tertiary/aromatic N) is 1. The highest BCUT2D eigenvalue weighted by atomic mass is 16.5. The molecule has 1 heterocycles. The Bertz CT molecular complexity index is 966. The van der Waals surface area contributed by atoms with E-state index in [2.05, 4.69) is 56.4 Å². The lowest BCUT2D eigenvalue weighted by Gasteiger charge is -2.23. The van der Waals surface area contributed by atoms with E-state index in [1.807, 2.05) is 61.1 Å². The van der Waals surface area contributed by atoms with Crippen LogP contribution < -0.4 is 5.32 Å². The predicted molar refractivity (Wildman–Crippen MR) is 127 cm³/mol. The number of rotatable bonds is 8. The number of esters is 1. The zero-order valence-electron chi connectivity index (χ0n) is 19.3. The first-order valence-corrected chi connectivity index (χ1v) is 10.9. The predicted octanol–water partition coefficient (Wildman–Crippen LogP) is 6.01. The molecule has 1 atom stereocenters. The monoisotopic (exact) mass is 418 g/mol. The van der Waals surface area contributed by atoms with Crippen molar-refractivity contribution in [1.82, 2.24) is 4.57 Å². The van der Waals surface area contributed by atoms with E-state index in [0.717, 1.165) is 12.1 Å². The first-order chi connectivity index (χ1) is 14.7. The third-order valence-corrected chi connectivity index (χ3v) is 5.41. The van der Waals surface area contributed by atoms with Gasteiger partial charge in [-0.25, -0.2) is 4.79 Å². The second kappa shape index (κ2) is 9.86. The molecule has 164 valence electrons. The van der Waals surface area contributed by atoms with Gasteiger partial charge in [0.1, 0.15) is 6.04 Å². The number of carbonyl (C=O) groups excluding carboxylic acids is 1. The van der Waals surface area contributed by atoms with Crippen molar-refractivity contribution >= 4 is 11.7 Å². The van der Waals surface area contributed by atoms with Crippen molar-refractivity contribution < 1.29 is 9.53 Å². The van der Waals surface area contributed by atoms with Gasteiger partial charge in [-0.2, -0.15) is 0 Å². The lowest BCUT2D eigenvalue weighted by atomic mass is 9.87. The quantitative estimate of drug-likeness (QED) is 0.455. The van der Waals surface area contributed by atoms with E-state index in [0.29, 0.717) is 0 Å². The van der Waals surface area contributed by atoms with Gasteiger partial charge in [0.15, 0.2) is 6.73 Å². The molecule has 3 aromatic rings. The molecule has 0 fully saturated rings. The van der Waals surface area contributed by atoms with E-state index in [1.165, 1.54) is 16.7 Å². The van der Waals surface area contributed by atoms with Crippen LogP contribution >= 0.6 is 0 Å².